The van der Waals surface area contributed by atoms with Crippen LogP contribution in [0.2, 0.25) is 0 Å². The zero-order valence-corrected chi connectivity index (χ0v) is 10.4. The predicted octanol–water partition coefficient (Wildman–Crippen LogP) is 2.26. The molecular weight excluding hydrogens is 216 g/mol. The quantitative estimate of drug-likeness (QED) is 0.787. The van der Waals surface area contributed by atoms with E-state index in [0.717, 1.165) is 30.9 Å². The third-order valence-corrected chi connectivity index (χ3v) is 3.08. The summed E-state index contributed by atoms with van der Waals surface area (Å²) >= 11 is 0. The first-order valence-electron chi connectivity index (χ1n) is 6.02. The van der Waals surface area contributed by atoms with Gasteiger partial charge in [-0.1, -0.05) is 0 Å². The van der Waals surface area contributed by atoms with Crippen molar-refractivity contribution < 1.29 is 9.47 Å². The molecule has 1 aromatic rings. The summed E-state index contributed by atoms with van der Waals surface area (Å²) in [6.07, 6.45) is 2.56. The van der Waals surface area contributed by atoms with Crippen LogP contribution >= 0.6 is 0 Å². The number of benzene rings is 1. The van der Waals surface area contributed by atoms with Crippen molar-refractivity contribution in [3.63, 3.8) is 0 Å². The number of hydrogen-bond donors (Lipinski definition) is 2. The van der Waals surface area contributed by atoms with Gasteiger partial charge in [0.15, 0.2) is 0 Å². The third-order valence-electron chi connectivity index (χ3n) is 3.08. The SMILES string of the molecule is COc1cc(N)cc(NC(C)C2CCCO2)c1. The Morgan fingerprint density at radius 3 is 2.94 bits per heavy atom. The first kappa shape index (κ1) is 12.0. The number of methoxy groups -OCH3 is 1. The van der Waals surface area contributed by atoms with Crippen molar-refractivity contribution >= 4 is 11.4 Å². The van der Waals surface area contributed by atoms with Crippen LogP contribution in [0, 0.1) is 0 Å². The van der Waals surface area contributed by atoms with Crippen LogP contribution in [0.1, 0.15) is 19.8 Å². The molecule has 2 atom stereocenters. The fraction of sp³-hybridized carbons (Fsp3) is 0.538. The van der Waals surface area contributed by atoms with Gasteiger partial charge in [0.2, 0.25) is 0 Å². The van der Waals surface area contributed by atoms with Crippen LogP contribution in [0.15, 0.2) is 18.2 Å². The average Bonchev–Trinajstić information content (AvgIpc) is 2.81. The summed E-state index contributed by atoms with van der Waals surface area (Å²) in [5, 5.41) is 3.41. The summed E-state index contributed by atoms with van der Waals surface area (Å²) < 4.78 is 10.8. The van der Waals surface area contributed by atoms with Gasteiger partial charge in [-0.05, 0) is 25.8 Å². The van der Waals surface area contributed by atoms with Gasteiger partial charge in [0.1, 0.15) is 5.75 Å². The molecular formula is C13H20N2O2. The van der Waals surface area contributed by atoms with Gasteiger partial charge >= 0.3 is 0 Å². The second-order valence-corrected chi connectivity index (χ2v) is 4.48. The van der Waals surface area contributed by atoms with Crippen molar-refractivity contribution in [2.45, 2.75) is 31.9 Å². The summed E-state index contributed by atoms with van der Waals surface area (Å²) in [6.45, 7) is 3.00. The highest BCUT2D eigenvalue weighted by Crippen LogP contribution is 2.24. The lowest BCUT2D eigenvalue weighted by Crippen LogP contribution is -2.29. The second kappa shape index (κ2) is 5.27. The molecule has 0 aliphatic carbocycles. The normalized spacial score (nSPS) is 21.2. The first-order valence-corrected chi connectivity index (χ1v) is 6.02. The molecule has 0 radical (unpaired) electrons. The van der Waals surface area contributed by atoms with Crippen LogP contribution in [0.3, 0.4) is 0 Å². The Kier molecular flexibility index (Phi) is 3.74. The Balaban J connectivity index is 2.04. The average molecular weight is 236 g/mol. The Morgan fingerprint density at radius 2 is 2.29 bits per heavy atom. The minimum absolute atomic E-state index is 0.281. The highest BCUT2D eigenvalue weighted by atomic mass is 16.5. The second-order valence-electron chi connectivity index (χ2n) is 4.48. The zero-order valence-electron chi connectivity index (χ0n) is 10.4. The van der Waals surface area contributed by atoms with Crippen LogP contribution in [0.4, 0.5) is 11.4 Å². The van der Waals surface area contributed by atoms with E-state index >= 15 is 0 Å². The van der Waals surface area contributed by atoms with E-state index in [1.54, 1.807) is 7.11 Å². The number of nitrogen functional groups attached to an aromatic ring is 1. The number of hydrogen-bond acceptors (Lipinski definition) is 4. The van der Waals surface area contributed by atoms with Crippen molar-refractivity contribution in [3.05, 3.63) is 18.2 Å². The van der Waals surface area contributed by atoms with E-state index in [1.165, 1.54) is 0 Å². The van der Waals surface area contributed by atoms with E-state index < -0.39 is 0 Å². The molecule has 3 N–H and O–H groups in total. The smallest absolute Gasteiger partial charge is 0.122 e. The minimum atomic E-state index is 0.281. The molecule has 0 spiro atoms. The predicted molar refractivity (Wildman–Crippen MR) is 69.5 cm³/mol. The molecule has 0 saturated carbocycles. The van der Waals surface area contributed by atoms with Gasteiger partial charge in [0.25, 0.3) is 0 Å². The van der Waals surface area contributed by atoms with E-state index in [0.29, 0.717) is 11.8 Å². The van der Waals surface area contributed by atoms with E-state index in [2.05, 4.69) is 12.2 Å². The number of nitrogens with two attached hydrogens (primary N) is 1. The van der Waals surface area contributed by atoms with Gasteiger partial charge < -0.3 is 20.5 Å². The van der Waals surface area contributed by atoms with Gasteiger partial charge in [-0.2, -0.15) is 0 Å². The number of nitrogens with one attached hydrogen (secondary N) is 1. The molecule has 1 aliphatic rings. The summed E-state index contributed by atoms with van der Waals surface area (Å²) in [5.74, 6) is 0.770. The number of ether oxygens (including phenoxy) is 2. The highest BCUT2D eigenvalue weighted by molar-refractivity contribution is 5.59. The van der Waals surface area contributed by atoms with E-state index in [9.17, 15) is 0 Å². The van der Waals surface area contributed by atoms with Gasteiger partial charge in [-0.15, -0.1) is 0 Å². The molecule has 0 amide bonds. The van der Waals surface area contributed by atoms with E-state index in [1.807, 2.05) is 18.2 Å². The van der Waals surface area contributed by atoms with Gasteiger partial charge in [0.05, 0.1) is 13.2 Å². The first-order chi connectivity index (χ1) is 8.19. The molecule has 2 unspecified atom stereocenters. The lowest BCUT2D eigenvalue weighted by Gasteiger charge is -2.21. The fourth-order valence-electron chi connectivity index (χ4n) is 2.18. The van der Waals surface area contributed by atoms with E-state index in [4.69, 9.17) is 15.2 Å². The third kappa shape index (κ3) is 3.03. The Hall–Kier alpha value is -1.42. The lowest BCUT2D eigenvalue weighted by atomic mass is 10.1. The minimum Gasteiger partial charge on any atom is -0.497 e. The Morgan fingerprint density at radius 1 is 1.47 bits per heavy atom. The van der Waals surface area contributed by atoms with Crippen molar-refractivity contribution in [2.75, 3.05) is 24.8 Å². The monoisotopic (exact) mass is 236 g/mol. The highest BCUT2D eigenvalue weighted by Gasteiger charge is 2.22. The van der Waals surface area contributed by atoms with Gasteiger partial charge in [-0.25, -0.2) is 0 Å². The lowest BCUT2D eigenvalue weighted by molar-refractivity contribution is 0.0996. The molecule has 0 aromatic heterocycles. The van der Waals surface area contributed by atoms with Crippen molar-refractivity contribution in [3.8, 4) is 5.75 Å². The van der Waals surface area contributed by atoms with Crippen LogP contribution in [0.5, 0.6) is 5.75 Å². The van der Waals surface area contributed by atoms with Gasteiger partial charge in [-0.3, -0.25) is 0 Å². The summed E-state index contributed by atoms with van der Waals surface area (Å²) in [4.78, 5) is 0. The standard InChI is InChI=1S/C13H20N2O2/c1-9(13-4-3-5-17-13)15-11-6-10(14)7-12(8-11)16-2/h6-9,13,15H,3-5,14H2,1-2H3. The largest absolute Gasteiger partial charge is 0.497 e. The van der Waals surface area contributed by atoms with Gasteiger partial charge in [0, 0.05) is 36.2 Å². The maximum atomic E-state index is 5.81. The number of anilines is 2. The van der Waals surface area contributed by atoms with E-state index in [-0.39, 0.29) is 6.04 Å². The topological polar surface area (TPSA) is 56.5 Å². The summed E-state index contributed by atoms with van der Waals surface area (Å²) in [7, 11) is 1.64. The molecule has 1 fully saturated rings. The van der Waals surface area contributed by atoms with Crippen molar-refractivity contribution in [1.29, 1.82) is 0 Å². The molecule has 1 saturated heterocycles. The molecule has 2 rings (SSSR count). The fourth-order valence-corrected chi connectivity index (χ4v) is 2.18. The molecule has 4 heteroatoms. The molecule has 17 heavy (non-hydrogen) atoms. The Labute approximate surface area is 102 Å². The van der Waals surface area contributed by atoms with Crippen LogP contribution in [0.25, 0.3) is 0 Å². The molecule has 1 aliphatic heterocycles. The molecule has 0 bridgehead atoms. The van der Waals surface area contributed by atoms with Crippen LogP contribution in [-0.4, -0.2) is 25.9 Å². The summed E-state index contributed by atoms with van der Waals surface area (Å²) in [6, 6.07) is 5.95. The Bertz CT molecular complexity index is 376. The van der Waals surface area contributed by atoms with Crippen LogP contribution < -0.4 is 15.8 Å². The maximum Gasteiger partial charge on any atom is 0.122 e. The van der Waals surface area contributed by atoms with Crippen LogP contribution in [-0.2, 0) is 4.74 Å². The molecule has 1 heterocycles. The zero-order chi connectivity index (χ0) is 12.3. The molecule has 94 valence electrons. The molecule has 4 nitrogen and oxygen atoms in total. The summed E-state index contributed by atoms with van der Waals surface area (Å²) in [5.41, 5.74) is 7.49. The maximum absolute atomic E-state index is 5.81. The van der Waals surface area contributed by atoms with Crippen molar-refractivity contribution in [1.82, 2.24) is 0 Å². The number of rotatable bonds is 4. The van der Waals surface area contributed by atoms with Crippen molar-refractivity contribution in [2.24, 2.45) is 0 Å². The molecule has 1 aromatic carbocycles.